The van der Waals surface area contributed by atoms with Crippen LogP contribution in [0.4, 0.5) is 10.1 Å². The van der Waals surface area contributed by atoms with Crippen LogP contribution in [0.2, 0.25) is 0 Å². The van der Waals surface area contributed by atoms with E-state index in [0.29, 0.717) is 11.3 Å². The number of nitrogens with zero attached hydrogens (tertiary/aromatic N) is 1. The number of carbonyl (C=O) groups excluding carboxylic acids is 2. The van der Waals surface area contributed by atoms with Gasteiger partial charge < -0.3 is 9.64 Å². The number of aryl methyl sites for hydroxylation is 1. The summed E-state index contributed by atoms with van der Waals surface area (Å²) >= 11 is 0. The molecule has 0 unspecified atom stereocenters. The Morgan fingerprint density at radius 3 is 2.37 bits per heavy atom. The third-order valence-corrected chi connectivity index (χ3v) is 5.24. The van der Waals surface area contributed by atoms with Crippen LogP contribution in [-0.2, 0) is 4.79 Å². The van der Waals surface area contributed by atoms with Gasteiger partial charge in [-0.1, -0.05) is 0 Å². The van der Waals surface area contributed by atoms with Crippen LogP contribution in [-0.4, -0.2) is 25.3 Å². The summed E-state index contributed by atoms with van der Waals surface area (Å²) in [6.45, 7) is 1.86. The molecule has 0 heterocycles. The number of aldehydes is 1. The molecule has 1 amide bonds. The van der Waals surface area contributed by atoms with Crippen molar-refractivity contribution >= 4 is 17.9 Å². The zero-order valence-electron chi connectivity index (χ0n) is 15.7. The molecular weight excluding hydrogens is 345 g/mol. The van der Waals surface area contributed by atoms with Gasteiger partial charge >= 0.3 is 0 Å². The topological polar surface area (TPSA) is 46.6 Å². The molecule has 0 aromatic heterocycles. The van der Waals surface area contributed by atoms with Crippen molar-refractivity contribution in [2.75, 3.05) is 11.9 Å². The molecule has 27 heavy (non-hydrogen) atoms. The van der Waals surface area contributed by atoms with E-state index in [-0.39, 0.29) is 23.7 Å². The molecule has 1 aliphatic carbocycles. The van der Waals surface area contributed by atoms with Crippen molar-refractivity contribution in [3.05, 3.63) is 59.4 Å². The normalized spacial score (nSPS) is 19.4. The molecule has 1 fully saturated rings. The van der Waals surface area contributed by atoms with Gasteiger partial charge in [-0.2, -0.15) is 0 Å². The third kappa shape index (κ3) is 4.54. The van der Waals surface area contributed by atoms with Crippen LogP contribution in [0, 0.1) is 18.7 Å². The van der Waals surface area contributed by atoms with E-state index in [1.807, 2.05) is 13.0 Å². The van der Waals surface area contributed by atoms with Crippen LogP contribution in [0.1, 0.15) is 41.6 Å². The highest BCUT2D eigenvalue weighted by Gasteiger charge is 2.29. The monoisotopic (exact) mass is 369 g/mol. The van der Waals surface area contributed by atoms with E-state index >= 15 is 0 Å². The number of hydrogen-bond donors (Lipinski definition) is 0. The quantitative estimate of drug-likeness (QED) is 0.727. The zero-order chi connectivity index (χ0) is 19.4. The zero-order valence-corrected chi connectivity index (χ0v) is 15.7. The lowest BCUT2D eigenvalue weighted by Crippen LogP contribution is -2.36. The summed E-state index contributed by atoms with van der Waals surface area (Å²) in [6, 6.07) is 11.4. The summed E-state index contributed by atoms with van der Waals surface area (Å²) in [6.07, 6.45) is 4.00. The van der Waals surface area contributed by atoms with Gasteiger partial charge in [0, 0.05) is 24.2 Å². The first-order chi connectivity index (χ1) is 13.0. The van der Waals surface area contributed by atoms with E-state index in [1.54, 1.807) is 36.2 Å². The lowest BCUT2D eigenvalue weighted by molar-refractivity contribution is -0.123. The molecule has 0 saturated heterocycles. The number of benzene rings is 2. The van der Waals surface area contributed by atoms with Crippen molar-refractivity contribution in [2.24, 2.45) is 5.92 Å². The average Bonchev–Trinajstić information content (AvgIpc) is 2.69. The Bertz CT molecular complexity index is 811. The summed E-state index contributed by atoms with van der Waals surface area (Å²) in [5.74, 6) is 0.438. The largest absolute Gasteiger partial charge is 0.490 e. The molecule has 0 bridgehead atoms. The van der Waals surface area contributed by atoms with Crippen LogP contribution in [0.3, 0.4) is 0 Å². The highest BCUT2D eigenvalue weighted by Crippen LogP contribution is 2.30. The number of hydrogen-bond acceptors (Lipinski definition) is 3. The first-order valence-electron chi connectivity index (χ1n) is 9.23. The van der Waals surface area contributed by atoms with E-state index in [9.17, 15) is 14.0 Å². The van der Waals surface area contributed by atoms with Gasteiger partial charge in [-0.05, 0) is 80.6 Å². The van der Waals surface area contributed by atoms with Gasteiger partial charge in [0.25, 0.3) is 0 Å². The number of rotatable bonds is 5. The van der Waals surface area contributed by atoms with Crippen molar-refractivity contribution in [1.82, 2.24) is 0 Å². The molecule has 1 aliphatic rings. The lowest BCUT2D eigenvalue weighted by Gasteiger charge is -2.31. The molecule has 142 valence electrons. The second kappa shape index (κ2) is 8.33. The fourth-order valence-electron chi connectivity index (χ4n) is 3.54. The molecule has 1 saturated carbocycles. The fourth-order valence-corrected chi connectivity index (χ4v) is 3.54. The number of carbonyl (C=O) groups is 2. The third-order valence-electron chi connectivity index (χ3n) is 5.24. The fraction of sp³-hybridized carbons (Fsp3) is 0.364. The van der Waals surface area contributed by atoms with Crippen molar-refractivity contribution in [3.63, 3.8) is 0 Å². The van der Waals surface area contributed by atoms with E-state index in [1.165, 1.54) is 12.1 Å². The summed E-state index contributed by atoms with van der Waals surface area (Å²) in [5, 5.41) is 0. The smallest absolute Gasteiger partial charge is 0.229 e. The SMILES string of the molecule is Cc1cc(N(C)C(=O)C2CCC(Oc3ccc(F)cc3)CC2)ccc1C=O. The Labute approximate surface area is 158 Å². The van der Waals surface area contributed by atoms with Gasteiger partial charge in [-0.3, -0.25) is 9.59 Å². The van der Waals surface area contributed by atoms with E-state index in [0.717, 1.165) is 43.2 Å². The molecule has 0 spiro atoms. The highest BCUT2D eigenvalue weighted by molar-refractivity contribution is 5.95. The first kappa shape index (κ1) is 19.1. The number of halogens is 1. The summed E-state index contributed by atoms with van der Waals surface area (Å²) < 4.78 is 18.9. The van der Waals surface area contributed by atoms with Crippen LogP contribution >= 0.6 is 0 Å². The number of amides is 1. The van der Waals surface area contributed by atoms with E-state index in [4.69, 9.17) is 4.74 Å². The average molecular weight is 369 g/mol. The van der Waals surface area contributed by atoms with Crippen LogP contribution < -0.4 is 9.64 Å². The molecule has 5 heteroatoms. The Hall–Kier alpha value is -2.69. The van der Waals surface area contributed by atoms with Crippen molar-refractivity contribution in [2.45, 2.75) is 38.7 Å². The predicted octanol–water partition coefficient (Wildman–Crippen LogP) is 4.55. The van der Waals surface area contributed by atoms with Crippen LogP contribution in [0.15, 0.2) is 42.5 Å². The maximum atomic E-state index is 13.0. The molecule has 2 aromatic rings. The predicted molar refractivity (Wildman–Crippen MR) is 103 cm³/mol. The molecule has 0 radical (unpaired) electrons. The van der Waals surface area contributed by atoms with Gasteiger partial charge in [0.2, 0.25) is 5.91 Å². The van der Waals surface area contributed by atoms with Gasteiger partial charge in [0.1, 0.15) is 17.9 Å². The lowest BCUT2D eigenvalue weighted by atomic mass is 9.86. The summed E-state index contributed by atoms with van der Waals surface area (Å²) in [5.41, 5.74) is 2.30. The standard InChI is InChI=1S/C22H24FNO3/c1-15-13-19(8-3-17(15)14-25)24(2)22(26)16-4-9-20(10-5-16)27-21-11-6-18(23)7-12-21/h3,6-8,11-14,16,20H,4-5,9-10H2,1-2H3. The molecule has 0 aliphatic heterocycles. The first-order valence-corrected chi connectivity index (χ1v) is 9.23. The maximum Gasteiger partial charge on any atom is 0.229 e. The van der Waals surface area contributed by atoms with Gasteiger partial charge in [0.15, 0.2) is 0 Å². The molecule has 2 aromatic carbocycles. The molecule has 4 nitrogen and oxygen atoms in total. The maximum absolute atomic E-state index is 13.0. The Kier molecular flexibility index (Phi) is 5.89. The molecule has 3 rings (SSSR count). The second-order valence-corrected chi connectivity index (χ2v) is 7.10. The second-order valence-electron chi connectivity index (χ2n) is 7.10. The van der Waals surface area contributed by atoms with Crippen molar-refractivity contribution in [3.8, 4) is 5.75 Å². The van der Waals surface area contributed by atoms with Gasteiger partial charge in [-0.15, -0.1) is 0 Å². The minimum atomic E-state index is -0.281. The minimum Gasteiger partial charge on any atom is -0.490 e. The summed E-state index contributed by atoms with van der Waals surface area (Å²) in [7, 11) is 1.78. The van der Waals surface area contributed by atoms with E-state index < -0.39 is 0 Å². The number of anilines is 1. The highest BCUT2D eigenvalue weighted by atomic mass is 19.1. The van der Waals surface area contributed by atoms with Gasteiger partial charge in [0.05, 0.1) is 6.10 Å². The van der Waals surface area contributed by atoms with Gasteiger partial charge in [-0.25, -0.2) is 4.39 Å². The summed E-state index contributed by atoms with van der Waals surface area (Å²) in [4.78, 5) is 25.5. The minimum absolute atomic E-state index is 0.0332. The Morgan fingerprint density at radius 1 is 1.11 bits per heavy atom. The van der Waals surface area contributed by atoms with Crippen LogP contribution in [0.25, 0.3) is 0 Å². The van der Waals surface area contributed by atoms with E-state index in [2.05, 4.69) is 0 Å². The van der Waals surface area contributed by atoms with Crippen molar-refractivity contribution < 1.29 is 18.7 Å². The van der Waals surface area contributed by atoms with Crippen LogP contribution in [0.5, 0.6) is 5.75 Å². The number of ether oxygens (including phenoxy) is 1. The van der Waals surface area contributed by atoms with Crippen molar-refractivity contribution in [1.29, 1.82) is 0 Å². The molecule has 0 N–H and O–H groups in total. The molecule has 0 atom stereocenters. The Balaban J connectivity index is 1.56. The Morgan fingerprint density at radius 2 is 1.78 bits per heavy atom. The molecular formula is C22H24FNO3.